The first-order valence-electron chi connectivity index (χ1n) is 6.52. The van der Waals surface area contributed by atoms with Gasteiger partial charge in [-0.25, -0.2) is 4.79 Å². The van der Waals surface area contributed by atoms with E-state index in [1.807, 2.05) is 0 Å². The predicted molar refractivity (Wildman–Crippen MR) is 75.5 cm³/mol. The van der Waals surface area contributed by atoms with Crippen LogP contribution in [0.4, 0.5) is 0 Å². The lowest BCUT2D eigenvalue weighted by molar-refractivity contribution is -0.161. The lowest BCUT2D eigenvalue weighted by Gasteiger charge is -2.34. The highest BCUT2D eigenvalue weighted by molar-refractivity contribution is 6.30. The Morgan fingerprint density at radius 3 is 2.95 bits per heavy atom. The summed E-state index contributed by atoms with van der Waals surface area (Å²) in [5.41, 5.74) is 0. The first-order chi connectivity index (χ1) is 9.99. The first kappa shape index (κ1) is 15.6. The van der Waals surface area contributed by atoms with E-state index < -0.39 is 18.1 Å². The van der Waals surface area contributed by atoms with Crippen molar-refractivity contribution in [2.24, 2.45) is 0 Å². The number of carbonyl (C=O) groups is 2. The Balaban J connectivity index is 2.05. The quantitative estimate of drug-likeness (QED) is 0.910. The zero-order valence-electron chi connectivity index (χ0n) is 11.5. The highest BCUT2D eigenvalue weighted by Crippen LogP contribution is 2.19. The van der Waals surface area contributed by atoms with E-state index in [-0.39, 0.29) is 19.1 Å². The van der Waals surface area contributed by atoms with Crippen molar-refractivity contribution >= 4 is 23.5 Å². The summed E-state index contributed by atoms with van der Waals surface area (Å²) in [5.74, 6) is -1.01. The van der Waals surface area contributed by atoms with Crippen LogP contribution in [0.1, 0.15) is 6.92 Å². The number of halogens is 1. The van der Waals surface area contributed by atoms with Crippen LogP contribution in [-0.4, -0.2) is 53.8 Å². The van der Waals surface area contributed by atoms with Gasteiger partial charge in [-0.1, -0.05) is 17.7 Å². The van der Waals surface area contributed by atoms with Crippen molar-refractivity contribution in [3.63, 3.8) is 0 Å². The van der Waals surface area contributed by atoms with Crippen LogP contribution in [0.15, 0.2) is 24.3 Å². The van der Waals surface area contributed by atoms with Gasteiger partial charge < -0.3 is 19.5 Å². The molecule has 1 fully saturated rings. The van der Waals surface area contributed by atoms with Gasteiger partial charge in [0.2, 0.25) is 0 Å². The van der Waals surface area contributed by atoms with Crippen LogP contribution in [0.5, 0.6) is 5.75 Å². The molecule has 1 amide bonds. The van der Waals surface area contributed by atoms with Gasteiger partial charge in [-0.15, -0.1) is 0 Å². The molecule has 1 aromatic carbocycles. The maximum atomic E-state index is 12.4. The number of benzene rings is 1. The van der Waals surface area contributed by atoms with Gasteiger partial charge in [0.15, 0.2) is 12.1 Å². The molecule has 0 aliphatic carbocycles. The molecule has 21 heavy (non-hydrogen) atoms. The van der Waals surface area contributed by atoms with Crippen LogP contribution in [0.25, 0.3) is 0 Å². The lowest BCUT2D eigenvalue weighted by Crippen LogP contribution is -2.55. The summed E-state index contributed by atoms with van der Waals surface area (Å²) in [6, 6.07) is 5.72. The summed E-state index contributed by atoms with van der Waals surface area (Å²) in [6.07, 6.45) is -0.802. The minimum absolute atomic E-state index is 0.00897. The van der Waals surface area contributed by atoms with E-state index in [4.69, 9.17) is 26.2 Å². The highest BCUT2D eigenvalue weighted by atomic mass is 35.5. The molecule has 114 valence electrons. The van der Waals surface area contributed by atoms with Gasteiger partial charge in [0.05, 0.1) is 13.2 Å². The fourth-order valence-corrected chi connectivity index (χ4v) is 2.28. The molecule has 6 nitrogen and oxygen atoms in total. The molecule has 2 rings (SSSR count). The average Bonchev–Trinajstić information content (AvgIpc) is 2.46. The molecule has 0 bridgehead atoms. The Kier molecular flexibility index (Phi) is 5.03. The van der Waals surface area contributed by atoms with E-state index in [9.17, 15) is 9.59 Å². The minimum Gasteiger partial charge on any atom is -0.481 e. The molecule has 0 saturated carbocycles. The standard InChI is InChI=1S/C14H16ClNO5/c1-9(21-11-4-2-3-10(15)7-11)13(17)16-5-6-20-8-12(16)14(18)19/h2-4,7,9,12H,5-6,8H2,1H3,(H,18,19)/t9-,12+/m0/s1. The number of aliphatic carboxylic acids is 1. The summed E-state index contributed by atoms with van der Waals surface area (Å²) in [7, 11) is 0. The second-order valence-corrected chi connectivity index (χ2v) is 5.11. The number of morpholine rings is 1. The van der Waals surface area contributed by atoms with Gasteiger partial charge in [0, 0.05) is 11.6 Å². The average molecular weight is 314 g/mol. The summed E-state index contributed by atoms with van der Waals surface area (Å²) in [6.45, 7) is 2.13. The SMILES string of the molecule is C[C@H](Oc1cccc(Cl)c1)C(=O)N1CCOC[C@@H]1C(=O)O. The van der Waals surface area contributed by atoms with Crippen molar-refractivity contribution in [3.05, 3.63) is 29.3 Å². The number of ether oxygens (including phenoxy) is 2. The maximum absolute atomic E-state index is 12.4. The van der Waals surface area contributed by atoms with Gasteiger partial charge in [0.1, 0.15) is 5.75 Å². The third-order valence-electron chi connectivity index (χ3n) is 3.15. The van der Waals surface area contributed by atoms with Crippen molar-refractivity contribution in [1.82, 2.24) is 4.90 Å². The number of hydrogen-bond donors (Lipinski definition) is 1. The Morgan fingerprint density at radius 1 is 1.52 bits per heavy atom. The smallest absolute Gasteiger partial charge is 0.328 e. The zero-order valence-corrected chi connectivity index (χ0v) is 12.2. The lowest BCUT2D eigenvalue weighted by atomic mass is 10.2. The van der Waals surface area contributed by atoms with Gasteiger partial charge in [-0.05, 0) is 25.1 Å². The number of hydrogen-bond acceptors (Lipinski definition) is 4. The molecule has 1 aliphatic rings. The number of nitrogens with zero attached hydrogens (tertiary/aromatic N) is 1. The summed E-state index contributed by atoms with van der Waals surface area (Å²) >= 11 is 5.85. The molecule has 1 N–H and O–H groups in total. The molecule has 0 radical (unpaired) electrons. The van der Waals surface area contributed by atoms with Crippen LogP contribution in [0.3, 0.4) is 0 Å². The third kappa shape index (κ3) is 3.86. The Labute approximate surface area is 127 Å². The number of rotatable bonds is 4. The zero-order chi connectivity index (χ0) is 15.4. The van der Waals surface area contributed by atoms with Crippen LogP contribution in [-0.2, 0) is 14.3 Å². The first-order valence-corrected chi connectivity index (χ1v) is 6.90. The van der Waals surface area contributed by atoms with Crippen LogP contribution in [0.2, 0.25) is 5.02 Å². The molecule has 0 unspecified atom stereocenters. The van der Waals surface area contributed by atoms with Crippen LogP contribution < -0.4 is 4.74 Å². The fraction of sp³-hybridized carbons (Fsp3) is 0.429. The summed E-state index contributed by atoms with van der Waals surface area (Å²) in [5, 5.41) is 9.64. The highest BCUT2D eigenvalue weighted by Gasteiger charge is 2.35. The minimum atomic E-state index is -1.09. The molecule has 1 aromatic rings. The Morgan fingerprint density at radius 2 is 2.29 bits per heavy atom. The molecule has 1 heterocycles. The second-order valence-electron chi connectivity index (χ2n) is 4.68. The number of carboxylic acids is 1. The van der Waals surface area contributed by atoms with Crippen LogP contribution >= 0.6 is 11.6 Å². The van der Waals surface area contributed by atoms with Crippen molar-refractivity contribution in [2.75, 3.05) is 19.8 Å². The predicted octanol–water partition coefficient (Wildman–Crippen LogP) is 1.42. The molecular weight excluding hydrogens is 298 g/mol. The van der Waals surface area contributed by atoms with E-state index >= 15 is 0 Å². The van der Waals surface area contributed by atoms with Crippen molar-refractivity contribution in [1.29, 1.82) is 0 Å². The van der Waals surface area contributed by atoms with E-state index in [1.165, 1.54) is 4.90 Å². The van der Waals surface area contributed by atoms with E-state index in [0.29, 0.717) is 17.4 Å². The second kappa shape index (κ2) is 6.78. The summed E-state index contributed by atoms with van der Waals surface area (Å²) < 4.78 is 10.6. The van der Waals surface area contributed by atoms with Crippen molar-refractivity contribution in [3.8, 4) is 5.75 Å². The topological polar surface area (TPSA) is 76.1 Å². The molecule has 0 aromatic heterocycles. The van der Waals surface area contributed by atoms with E-state index in [0.717, 1.165) is 0 Å². The van der Waals surface area contributed by atoms with E-state index in [1.54, 1.807) is 31.2 Å². The Hall–Kier alpha value is -1.79. The van der Waals surface area contributed by atoms with Crippen molar-refractivity contribution < 1.29 is 24.2 Å². The molecule has 1 aliphatic heterocycles. The van der Waals surface area contributed by atoms with Gasteiger partial charge in [-0.3, -0.25) is 4.79 Å². The molecule has 2 atom stereocenters. The number of carboxylic acid groups (broad SMARTS) is 1. The monoisotopic (exact) mass is 313 g/mol. The van der Waals surface area contributed by atoms with E-state index in [2.05, 4.69) is 0 Å². The Bertz CT molecular complexity index is 536. The van der Waals surface area contributed by atoms with Crippen LogP contribution in [0, 0.1) is 0 Å². The summed E-state index contributed by atoms with van der Waals surface area (Å²) in [4.78, 5) is 24.8. The largest absolute Gasteiger partial charge is 0.481 e. The van der Waals surface area contributed by atoms with Gasteiger partial charge in [0.25, 0.3) is 5.91 Å². The molecule has 0 spiro atoms. The normalized spacial score (nSPS) is 19.9. The molecular formula is C14H16ClNO5. The maximum Gasteiger partial charge on any atom is 0.328 e. The third-order valence-corrected chi connectivity index (χ3v) is 3.39. The van der Waals surface area contributed by atoms with Gasteiger partial charge in [-0.2, -0.15) is 0 Å². The molecule has 7 heteroatoms. The molecule has 1 saturated heterocycles. The number of amides is 1. The fourth-order valence-electron chi connectivity index (χ4n) is 2.10. The van der Waals surface area contributed by atoms with Gasteiger partial charge >= 0.3 is 5.97 Å². The van der Waals surface area contributed by atoms with Crippen molar-refractivity contribution in [2.45, 2.75) is 19.1 Å². The number of carbonyl (C=O) groups excluding carboxylic acids is 1.